The van der Waals surface area contributed by atoms with Gasteiger partial charge in [-0.15, -0.1) is 0 Å². The minimum Gasteiger partial charge on any atom is -0.456 e. The van der Waals surface area contributed by atoms with Gasteiger partial charge in [0.1, 0.15) is 17.2 Å². The standard InChI is InChI=1S/C11H7BrF4O/c1-4-6-2-5(13)3-7(12)10(6)17-9(4)8(14)11(15)16/h2-3,8,11H,1H3. The molecule has 0 fully saturated rings. The van der Waals surface area contributed by atoms with Crippen LogP contribution in [-0.2, 0) is 0 Å². The number of benzene rings is 1. The fourth-order valence-electron chi connectivity index (χ4n) is 1.64. The lowest BCUT2D eigenvalue weighted by atomic mass is 10.1. The van der Waals surface area contributed by atoms with Crippen LogP contribution in [0.5, 0.6) is 0 Å². The van der Waals surface area contributed by atoms with Gasteiger partial charge in [-0.2, -0.15) is 0 Å². The van der Waals surface area contributed by atoms with Crippen LogP contribution in [0.3, 0.4) is 0 Å². The Kier molecular flexibility index (Phi) is 3.16. The van der Waals surface area contributed by atoms with E-state index in [4.69, 9.17) is 4.42 Å². The fourth-order valence-corrected chi connectivity index (χ4v) is 2.15. The number of halogens is 5. The van der Waals surface area contributed by atoms with E-state index in [1.54, 1.807) is 0 Å². The number of fused-ring (bicyclic) bond motifs is 1. The van der Waals surface area contributed by atoms with Gasteiger partial charge in [-0.05, 0) is 35.0 Å². The molecule has 0 bridgehead atoms. The monoisotopic (exact) mass is 310 g/mol. The van der Waals surface area contributed by atoms with Crippen LogP contribution in [0, 0.1) is 12.7 Å². The summed E-state index contributed by atoms with van der Waals surface area (Å²) in [5.41, 5.74) is 0.357. The van der Waals surface area contributed by atoms with Crippen LogP contribution in [-0.4, -0.2) is 6.43 Å². The lowest BCUT2D eigenvalue weighted by Gasteiger charge is -2.03. The fraction of sp³-hybridized carbons (Fsp3) is 0.273. The minimum atomic E-state index is -3.17. The third-order valence-electron chi connectivity index (χ3n) is 2.47. The molecule has 2 rings (SSSR count). The average molecular weight is 311 g/mol. The maximum Gasteiger partial charge on any atom is 0.276 e. The van der Waals surface area contributed by atoms with Crippen molar-refractivity contribution in [2.45, 2.75) is 19.5 Å². The van der Waals surface area contributed by atoms with Gasteiger partial charge in [-0.3, -0.25) is 0 Å². The SMILES string of the molecule is Cc1c(C(F)C(F)F)oc2c(Br)cc(F)cc12. The number of hydrogen-bond donors (Lipinski definition) is 0. The van der Waals surface area contributed by atoms with E-state index in [0.717, 1.165) is 12.1 Å². The molecule has 0 saturated heterocycles. The Bertz CT molecular complexity index is 564. The van der Waals surface area contributed by atoms with E-state index >= 15 is 0 Å². The van der Waals surface area contributed by atoms with Crippen molar-refractivity contribution in [2.75, 3.05) is 0 Å². The lowest BCUT2D eigenvalue weighted by molar-refractivity contribution is 0.0381. The molecule has 0 spiro atoms. The van der Waals surface area contributed by atoms with Crippen LogP contribution in [0.1, 0.15) is 17.5 Å². The molecular weight excluding hydrogens is 304 g/mol. The molecule has 0 N–H and O–H groups in total. The Morgan fingerprint density at radius 3 is 2.47 bits per heavy atom. The molecule has 0 aliphatic rings. The van der Waals surface area contributed by atoms with Crippen molar-refractivity contribution in [3.8, 4) is 0 Å². The molecule has 0 radical (unpaired) electrons. The van der Waals surface area contributed by atoms with Crippen molar-refractivity contribution in [1.82, 2.24) is 0 Å². The van der Waals surface area contributed by atoms with Gasteiger partial charge in [0.25, 0.3) is 6.43 Å². The van der Waals surface area contributed by atoms with Gasteiger partial charge in [0.2, 0.25) is 6.17 Å². The molecule has 1 heterocycles. The maximum atomic E-state index is 13.2. The number of alkyl halides is 3. The molecule has 6 heteroatoms. The first-order valence-electron chi connectivity index (χ1n) is 4.72. The van der Waals surface area contributed by atoms with E-state index in [2.05, 4.69) is 15.9 Å². The molecule has 0 amide bonds. The molecule has 0 aliphatic heterocycles. The first kappa shape index (κ1) is 12.4. The number of aryl methyl sites for hydroxylation is 1. The second-order valence-electron chi connectivity index (χ2n) is 3.59. The van der Waals surface area contributed by atoms with Crippen LogP contribution >= 0.6 is 15.9 Å². The third-order valence-corrected chi connectivity index (χ3v) is 3.05. The molecule has 1 nitrogen and oxygen atoms in total. The summed E-state index contributed by atoms with van der Waals surface area (Å²) in [5.74, 6) is -1.01. The van der Waals surface area contributed by atoms with Crippen molar-refractivity contribution in [1.29, 1.82) is 0 Å². The van der Waals surface area contributed by atoms with E-state index in [-0.39, 0.29) is 21.0 Å². The van der Waals surface area contributed by atoms with Gasteiger partial charge in [0.05, 0.1) is 4.47 Å². The molecule has 1 aromatic carbocycles. The topological polar surface area (TPSA) is 13.1 Å². The van der Waals surface area contributed by atoms with E-state index in [9.17, 15) is 17.6 Å². The molecule has 1 atom stereocenters. The highest BCUT2D eigenvalue weighted by molar-refractivity contribution is 9.10. The Hall–Kier alpha value is -1.04. The highest BCUT2D eigenvalue weighted by Gasteiger charge is 2.28. The van der Waals surface area contributed by atoms with Gasteiger partial charge < -0.3 is 4.42 Å². The quantitative estimate of drug-likeness (QED) is 0.718. The van der Waals surface area contributed by atoms with Crippen molar-refractivity contribution in [3.63, 3.8) is 0 Å². The number of hydrogen-bond acceptors (Lipinski definition) is 1. The smallest absolute Gasteiger partial charge is 0.276 e. The Labute approximate surface area is 103 Å². The molecule has 17 heavy (non-hydrogen) atoms. The molecular formula is C11H7BrF4O. The van der Waals surface area contributed by atoms with Crippen LogP contribution in [0.25, 0.3) is 11.0 Å². The minimum absolute atomic E-state index is 0.169. The first-order valence-corrected chi connectivity index (χ1v) is 5.51. The highest BCUT2D eigenvalue weighted by atomic mass is 79.9. The lowest BCUT2D eigenvalue weighted by Crippen LogP contribution is -2.02. The maximum absolute atomic E-state index is 13.2. The van der Waals surface area contributed by atoms with Crippen LogP contribution in [0.4, 0.5) is 17.6 Å². The largest absolute Gasteiger partial charge is 0.456 e. The second kappa shape index (κ2) is 4.33. The molecule has 1 aromatic heterocycles. The third kappa shape index (κ3) is 2.06. The summed E-state index contributed by atoms with van der Waals surface area (Å²) in [6, 6.07) is 2.26. The van der Waals surface area contributed by atoms with E-state index in [1.165, 1.54) is 6.92 Å². The Morgan fingerprint density at radius 1 is 1.24 bits per heavy atom. The molecule has 92 valence electrons. The summed E-state index contributed by atoms with van der Waals surface area (Å²) in [7, 11) is 0. The summed E-state index contributed by atoms with van der Waals surface area (Å²) < 4.78 is 56.2. The highest BCUT2D eigenvalue weighted by Crippen LogP contribution is 2.37. The van der Waals surface area contributed by atoms with Crippen LogP contribution < -0.4 is 0 Å². The van der Waals surface area contributed by atoms with Crippen molar-refractivity contribution in [3.05, 3.63) is 33.7 Å². The predicted octanol–water partition coefficient (Wildman–Crippen LogP) is 4.92. The van der Waals surface area contributed by atoms with Crippen LogP contribution in [0.15, 0.2) is 21.0 Å². The summed E-state index contributed by atoms with van der Waals surface area (Å²) >= 11 is 3.04. The zero-order valence-corrected chi connectivity index (χ0v) is 10.2. The zero-order valence-electron chi connectivity index (χ0n) is 8.61. The molecule has 2 aromatic rings. The van der Waals surface area contributed by atoms with Gasteiger partial charge in [0.15, 0.2) is 0 Å². The Morgan fingerprint density at radius 2 is 1.88 bits per heavy atom. The van der Waals surface area contributed by atoms with E-state index in [1.807, 2.05) is 0 Å². The van der Waals surface area contributed by atoms with Gasteiger partial charge in [-0.1, -0.05) is 0 Å². The Balaban J connectivity index is 2.68. The number of furan rings is 1. The van der Waals surface area contributed by atoms with Crippen molar-refractivity contribution in [2.24, 2.45) is 0 Å². The van der Waals surface area contributed by atoms with Gasteiger partial charge in [-0.25, -0.2) is 17.6 Å². The summed E-state index contributed by atoms with van der Waals surface area (Å²) in [4.78, 5) is 0. The predicted molar refractivity (Wildman–Crippen MR) is 58.5 cm³/mol. The second-order valence-corrected chi connectivity index (χ2v) is 4.45. The first-order chi connectivity index (χ1) is 7.91. The van der Waals surface area contributed by atoms with E-state index < -0.39 is 24.2 Å². The summed E-state index contributed by atoms with van der Waals surface area (Å²) in [6.07, 6.45) is -5.67. The molecule has 0 saturated carbocycles. The van der Waals surface area contributed by atoms with E-state index in [0.29, 0.717) is 0 Å². The van der Waals surface area contributed by atoms with Crippen LogP contribution in [0.2, 0.25) is 0 Å². The average Bonchev–Trinajstić information content (AvgIpc) is 2.56. The van der Waals surface area contributed by atoms with Crippen molar-refractivity contribution >= 4 is 26.9 Å². The van der Waals surface area contributed by atoms with Crippen molar-refractivity contribution < 1.29 is 22.0 Å². The van der Waals surface area contributed by atoms with Gasteiger partial charge in [0, 0.05) is 10.9 Å². The zero-order chi connectivity index (χ0) is 12.7. The summed E-state index contributed by atoms with van der Waals surface area (Å²) in [6.45, 7) is 1.42. The summed E-state index contributed by atoms with van der Waals surface area (Å²) in [5, 5.41) is 0.287. The van der Waals surface area contributed by atoms with Gasteiger partial charge >= 0.3 is 0 Å². The normalized spacial score (nSPS) is 13.6. The molecule has 1 unspecified atom stereocenters. The number of rotatable bonds is 2. The molecule has 0 aliphatic carbocycles.